The molecule has 6 heteroatoms. The number of hydrogen-bond acceptors (Lipinski definition) is 3. The molecule has 1 aromatic heterocycles. The van der Waals surface area contributed by atoms with Crippen LogP contribution in [0.4, 0.5) is 0 Å². The van der Waals surface area contributed by atoms with Crippen LogP contribution >= 0.6 is 11.6 Å². The lowest BCUT2D eigenvalue weighted by Crippen LogP contribution is -2.47. The lowest BCUT2D eigenvalue weighted by molar-refractivity contribution is -0.138. The fraction of sp³-hybridized carbons (Fsp3) is 0.382. The number of nitrogens with zero attached hydrogens (tertiary/aromatic N) is 2. The minimum atomic E-state index is -0.0842. The van der Waals surface area contributed by atoms with E-state index in [1.54, 1.807) is 7.11 Å². The zero-order valence-electron chi connectivity index (χ0n) is 23.2. The summed E-state index contributed by atoms with van der Waals surface area (Å²) in [4.78, 5) is 16.5. The number of halogens is 1. The second kappa shape index (κ2) is 12.2. The van der Waals surface area contributed by atoms with Crippen molar-refractivity contribution in [2.45, 2.75) is 50.7 Å². The number of nitrogens with one attached hydrogen (secondary N) is 1. The first-order valence-corrected chi connectivity index (χ1v) is 14.9. The fourth-order valence-corrected chi connectivity index (χ4v) is 6.47. The minimum Gasteiger partial charge on any atom is -0.385 e. The number of benzene rings is 3. The highest BCUT2D eigenvalue weighted by molar-refractivity contribution is 6.31. The maximum absolute atomic E-state index is 14.4. The van der Waals surface area contributed by atoms with Crippen LogP contribution in [-0.2, 0) is 22.6 Å². The van der Waals surface area contributed by atoms with E-state index < -0.39 is 0 Å². The molecule has 208 valence electrons. The summed E-state index contributed by atoms with van der Waals surface area (Å²) >= 11 is 6.45. The molecule has 6 rings (SSSR count). The van der Waals surface area contributed by atoms with Gasteiger partial charge in [0.15, 0.2) is 0 Å². The number of rotatable bonds is 10. The van der Waals surface area contributed by atoms with Crippen molar-refractivity contribution in [3.8, 4) is 11.1 Å². The Bertz CT molecular complexity index is 1460. The SMILES string of the molecule is COCCCn1cc(CN(C(=O)[C@H]2CNCC[C@@H]2c2cccc(-c3ccccc3)c2)C2CC2)c2cc(Cl)ccc21. The maximum Gasteiger partial charge on any atom is 0.228 e. The molecule has 5 nitrogen and oxygen atoms in total. The third-order valence-electron chi connectivity index (χ3n) is 8.51. The largest absolute Gasteiger partial charge is 0.385 e. The van der Waals surface area contributed by atoms with Crippen LogP contribution in [0, 0.1) is 5.92 Å². The lowest BCUT2D eigenvalue weighted by Gasteiger charge is -2.36. The molecule has 1 saturated heterocycles. The number of aryl methyl sites for hydroxylation is 1. The number of fused-ring (bicyclic) bond motifs is 1. The van der Waals surface area contributed by atoms with Gasteiger partial charge < -0.3 is 19.5 Å². The lowest BCUT2D eigenvalue weighted by atomic mass is 9.79. The molecule has 1 aliphatic heterocycles. The second-order valence-electron chi connectivity index (χ2n) is 11.3. The van der Waals surface area contributed by atoms with E-state index in [9.17, 15) is 4.79 Å². The van der Waals surface area contributed by atoms with Gasteiger partial charge >= 0.3 is 0 Å². The van der Waals surface area contributed by atoms with Crippen molar-refractivity contribution in [2.75, 3.05) is 26.8 Å². The van der Waals surface area contributed by atoms with Crippen LogP contribution in [0.1, 0.15) is 42.7 Å². The van der Waals surface area contributed by atoms with Crippen LogP contribution < -0.4 is 5.32 Å². The zero-order valence-corrected chi connectivity index (χ0v) is 23.9. The number of carbonyl (C=O) groups is 1. The molecular weight excluding hydrogens is 518 g/mol. The maximum atomic E-state index is 14.4. The third-order valence-corrected chi connectivity index (χ3v) is 8.74. The summed E-state index contributed by atoms with van der Waals surface area (Å²) in [6.45, 7) is 3.85. The van der Waals surface area contributed by atoms with Crippen molar-refractivity contribution in [2.24, 2.45) is 5.92 Å². The van der Waals surface area contributed by atoms with Gasteiger partial charge in [-0.25, -0.2) is 0 Å². The number of amides is 1. The second-order valence-corrected chi connectivity index (χ2v) is 11.7. The van der Waals surface area contributed by atoms with Crippen LogP contribution in [0.25, 0.3) is 22.0 Å². The van der Waals surface area contributed by atoms with E-state index >= 15 is 0 Å². The summed E-state index contributed by atoms with van der Waals surface area (Å²) in [6.07, 6.45) is 6.27. The molecule has 2 fully saturated rings. The van der Waals surface area contributed by atoms with Crippen LogP contribution in [0.5, 0.6) is 0 Å². The first kappa shape index (κ1) is 27.1. The van der Waals surface area contributed by atoms with E-state index in [0.717, 1.165) is 61.3 Å². The molecule has 2 aliphatic rings. The Morgan fingerprint density at radius 3 is 2.65 bits per heavy atom. The van der Waals surface area contributed by atoms with Gasteiger partial charge in [-0.05, 0) is 78.6 Å². The Balaban J connectivity index is 1.28. The highest BCUT2D eigenvalue weighted by Crippen LogP contribution is 2.38. The van der Waals surface area contributed by atoms with Gasteiger partial charge in [-0.1, -0.05) is 66.2 Å². The van der Waals surface area contributed by atoms with E-state index in [4.69, 9.17) is 16.3 Å². The minimum absolute atomic E-state index is 0.0842. The van der Waals surface area contributed by atoms with Gasteiger partial charge in [0.1, 0.15) is 0 Å². The normalized spacial score (nSPS) is 19.1. The summed E-state index contributed by atoms with van der Waals surface area (Å²) in [5.41, 5.74) is 6.01. The predicted octanol–water partition coefficient (Wildman–Crippen LogP) is 6.88. The van der Waals surface area contributed by atoms with Crippen molar-refractivity contribution >= 4 is 28.4 Å². The van der Waals surface area contributed by atoms with Crippen molar-refractivity contribution in [1.29, 1.82) is 0 Å². The molecular formula is C34H38ClN3O2. The summed E-state index contributed by atoms with van der Waals surface area (Å²) in [7, 11) is 1.74. The first-order chi connectivity index (χ1) is 19.6. The molecule has 40 heavy (non-hydrogen) atoms. The van der Waals surface area contributed by atoms with E-state index in [2.05, 4.69) is 81.6 Å². The standard InChI is InChI=1S/C34H38ClN3O2/c1-40-18-6-17-37-22-27(31-20-28(35)11-14-33(31)37)23-38(29-12-13-29)34(39)32-21-36-16-15-30(32)26-10-5-9-25(19-26)24-7-3-2-4-8-24/h2-5,7-11,14,19-20,22,29-30,32,36H,6,12-13,15-18,21,23H2,1H3/t30-,32+/m1/s1. The Morgan fingerprint density at radius 2 is 1.85 bits per heavy atom. The topological polar surface area (TPSA) is 46.5 Å². The van der Waals surface area contributed by atoms with Gasteiger partial charge in [0, 0.05) is 61.5 Å². The van der Waals surface area contributed by atoms with Gasteiger partial charge in [0.2, 0.25) is 5.91 Å². The van der Waals surface area contributed by atoms with E-state index in [1.807, 2.05) is 12.1 Å². The highest BCUT2D eigenvalue weighted by atomic mass is 35.5. The number of methoxy groups -OCH3 is 1. The monoisotopic (exact) mass is 555 g/mol. The zero-order chi connectivity index (χ0) is 27.5. The summed E-state index contributed by atoms with van der Waals surface area (Å²) in [5, 5.41) is 5.39. The number of aromatic nitrogens is 1. The van der Waals surface area contributed by atoms with Crippen molar-refractivity contribution < 1.29 is 9.53 Å². The molecule has 1 amide bonds. The summed E-state index contributed by atoms with van der Waals surface area (Å²) in [6, 6.07) is 25.7. The quantitative estimate of drug-likeness (QED) is 0.217. The van der Waals surface area contributed by atoms with Crippen molar-refractivity contribution in [3.05, 3.63) is 95.1 Å². The molecule has 3 aromatic carbocycles. The van der Waals surface area contributed by atoms with Crippen LogP contribution in [0.3, 0.4) is 0 Å². The van der Waals surface area contributed by atoms with Gasteiger partial charge in [0.05, 0.1) is 5.92 Å². The Labute approximate surface area is 242 Å². The smallest absolute Gasteiger partial charge is 0.228 e. The molecule has 4 aromatic rings. The van der Waals surface area contributed by atoms with Crippen molar-refractivity contribution in [3.63, 3.8) is 0 Å². The van der Waals surface area contributed by atoms with Gasteiger partial charge in [-0.2, -0.15) is 0 Å². The number of piperidine rings is 1. The molecule has 0 bridgehead atoms. The Kier molecular flexibility index (Phi) is 8.24. The van der Waals surface area contributed by atoms with E-state index in [-0.39, 0.29) is 17.7 Å². The average molecular weight is 556 g/mol. The molecule has 0 spiro atoms. The van der Waals surface area contributed by atoms with Crippen LogP contribution in [-0.4, -0.2) is 48.2 Å². The number of ether oxygens (including phenoxy) is 1. The molecule has 1 aliphatic carbocycles. The van der Waals surface area contributed by atoms with Gasteiger partial charge in [-0.15, -0.1) is 0 Å². The Hall–Kier alpha value is -3.12. The summed E-state index contributed by atoms with van der Waals surface area (Å²) in [5.74, 6) is 0.384. The summed E-state index contributed by atoms with van der Waals surface area (Å²) < 4.78 is 7.58. The number of carbonyl (C=O) groups excluding carboxylic acids is 1. The van der Waals surface area contributed by atoms with Gasteiger partial charge in [0.25, 0.3) is 0 Å². The molecule has 1 N–H and O–H groups in total. The van der Waals surface area contributed by atoms with E-state index in [0.29, 0.717) is 19.1 Å². The molecule has 2 heterocycles. The van der Waals surface area contributed by atoms with Crippen molar-refractivity contribution in [1.82, 2.24) is 14.8 Å². The molecule has 1 saturated carbocycles. The molecule has 0 radical (unpaired) electrons. The first-order valence-electron chi connectivity index (χ1n) is 14.5. The van der Waals surface area contributed by atoms with Crippen LogP contribution in [0.2, 0.25) is 5.02 Å². The molecule has 0 unspecified atom stereocenters. The van der Waals surface area contributed by atoms with E-state index in [1.165, 1.54) is 22.3 Å². The Morgan fingerprint density at radius 1 is 1.02 bits per heavy atom. The average Bonchev–Trinajstić information content (AvgIpc) is 3.79. The van der Waals surface area contributed by atoms with Gasteiger partial charge in [-0.3, -0.25) is 4.79 Å². The van der Waals surface area contributed by atoms with Crippen LogP contribution in [0.15, 0.2) is 79.0 Å². The predicted molar refractivity (Wildman–Crippen MR) is 163 cm³/mol. The fourth-order valence-electron chi connectivity index (χ4n) is 6.30. The third kappa shape index (κ3) is 5.83. The molecule has 2 atom stereocenters. The number of hydrogen-bond donors (Lipinski definition) is 1. The highest BCUT2D eigenvalue weighted by Gasteiger charge is 2.40.